The SMILES string of the molecule is CC/C=C\C/C=C\C/C=C\C/C=C\CCCCC(CCCCCCCC(=O)NCC(=O)NC(CO)C(=O)O)OC(=O)CCCCCCCCCCCCCC. The van der Waals surface area contributed by atoms with Crippen LogP contribution in [0.4, 0.5) is 0 Å². The Morgan fingerprint density at radius 1 is 0.564 bits per heavy atom. The Kier molecular flexibility index (Phi) is 38.1. The van der Waals surface area contributed by atoms with E-state index in [2.05, 4.69) is 73.1 Å². The highest BCUT2D eigenvalue weighted by atomic mass is 16.5. The number of hydrogen-bond acceptors (Lipinski definition) is 6. The highest BCUT2D eigenvalue weighted by molar-refractivity contribution is 5.87. The molecule has 9 nitrogen and oxygen atoms in total. The van der Waals surface area contributed by atoms with Crippen molar-refractivity contribution >= 4 is 23.8 Å². The molecule has 0 saturated heterocycles. The number of aliphatic carboxylic acids is 1. The second kappa shape index (κ2) is 40.5. The van der Waals surface area contributed by atoms with E-state index in [0.717, 1.165) is 96.3 Å². The highest BCUT2D eigenvalue weighted by Crippen LogP contribution is 2.18. The second-order valence-electron chi connectivity index (χ2n) is 14.8. The molecule has 0 aliphatic rings. The first kappa shape index (κ1) is 51.8. The summed E-state index contributed by atoms with van der Waals surface area (Å²) in [7, 11) is 0. The number of unbranched alkanes of at least 4 members (excludes halogenated alkanes) is 17. The lowest BCUT2D eigenvalue weighted by molar-refractivity contribution is -0.150. The van der Waals surface area contributed by atoms with Crippen LogP contribution < -0.4 is 10.6 Å². The van der Waals surface area contributed by atoms with Crippen LogP contribution in [-0.4, -0.2) is 59.3 Å². The number of carbonyl (C=O) groups excluding carboxylic acids is 3. The van der Waals surface area contributed by atoms with Crippen molar-refractivity contribution in [2.75, 3.05) is 13.2 Å². The van der Waals surface area contributed by atoms with E-state index in [0.29, 0.717) is 12.8 Å². The molecule has 2 unspecified atom stereocenters. The summed E-state index contributed by atoms with van der Waals surface area (Å²) in [6, 6.07) is -1.39. The van der Waals surface area contributed by atoms with Gasteiger partial charge in [-0.25, -0.2) is 4.79 Å². The summed E-state index contributed by atoms with van der Waals surface area (Å²) in [5.74, 6) is -2.32. The van der Waals surface area contributed by atoms with E-state index in [-0.39, 0.29) is 30.9 Å². The lowest BCUT2D eigenvalue weighted by atomic mass is 10.0. The minimum Gasteiger partial charge on any atom is -0.480 e. The fraction of sp³-hybridized carbons (Fsp3) is 0.739. The Labute approximate surface area is 335 Å². The number of amides is 2. The van der Waals surface area contributed by atoms with E-state index in [4.69, 9.17) is 14.9 Å². The van der Waals surface area contributed by atoms with E-state index >= 15 is 0 Å². The van der Waals surface area contributed by atoms with Crippen LogP contribution in [0.3, 0.4) is 0 Å². The van der Waals surface area contributed by atoms with Crippen molar-refractivity contribution in [1.82, 2.24) is 10.6 Å². The number of ether oxygens (including phenoxy) is 1. The third-order valence-electron chi connectivity index (χ3n) is 9.59. The topological polar surface area (TPSA) is 142 Å². The standard InChI is InChI=1S/C46H80N2O7/c1-3-5-7-9-11-13-15-17-18-19-20-22-24-27-31-35-41(55-45(52)38-34-30-25-23-21-16-14-12-10-8-6-4-2)36-32-28-26-29-33-37-43(50)47-39-44(51)48-42(40-49)46(53)54/h5,7,11,13,17-18,20,22,41-42,49H,3-4,6,8-10,12,14-16,19,21,23-40H2,1-2H3,(H,47,50)(H,48,51)(H,53,54)/b7-5-,13-11-,18-17-,22-20-. The molecule has 0 aromatic carbocycles. The maximum atomic E-state index is 12.8. The van der Waals surface area contributed by atoms with E-state index < -0.39 is 24.5 Å². The molecule has 0 bridgehead atoms. The molecule has 4 N–H and O–H groups in total. The first-order chi connectivity index (χ1) is 26.8. The molecule has 9 heteroatoms. The molecule has 0 aliphatic heterocycles. The summed E-state index contributed by atoms with van der Waals surface area (Å²) in [6.45, 7) is 3.36. The molecule has 0 radical (unpaired) electrons. The van der Waals surface area contributed by atoms with Gasteiger partial charge in [0.2, 0.25) is 11.8 Å². The highest BCUT2D eigenvalue weighted by Gasteiger charge is 2.19. The molecule has 2 atom stereocenters. The van der Waals surface area contributed by atoms with Crippen LogP contribution in [0.2, 0.25) is 0 Å². The zero-order chi connectivity index (χ0) is 40.5. The predicted octanol–water partition coefficient (Wildman–Crippen LogP) is 10.8. The van der Waals surface area contributed by atoms with E-state index in [9.17, 15) is 19.2 Å². The van der Waals surface area contributed by atoms with Crippen molar-refractivity contribution in [2.24, 2.45) is 0 Å². The van der Waals surface area contributed by atoms with Gasteiger partial charge >= 0.3 is 11.9 Å². The van der Waals surface area contributed by atoms with Gasteiger partial charge in [-0.3, -0.25) is 14.4 Å². The Hall–Kier alpha value is -3.20. The average Bonchev–Trinajstić information content (AvgIpc) is 3.17. The van der Waals surface area contributed by atoms with Gasteiger partial charge in [0.1, 0.15) is 12.1 Å². The summed E-state index contributed by atoms with van der Waals surface area (Å²) in [4.78, 5) is 47.6. The van der Waals surface area contributed by atoms with Crippen molar-refractivity contribution in [3.05, 3.63) is 48.6 Å². The van der Waals surface area contributed by atoms with Gasteiger partial charge in [0.25, 0.3) is 0 Å². The van der Waals surface area contributed by atoms with Crippen molar-refractivity contribution in [3.8, 4) is 0 Å². The summed E-state index contributed by atoms with van der Waals surface area (Å²) in [5, 5.41) is 22.6. The first-order valence-corrected chi connectivity index (χ1v) is 22.0. The fourth-order valence-electron chi connectivity index (χ4n) is 6.24. The van der Waals surface area contributed by atoms with Crippen LogP contribution in [-0.2, 0) is 23.9 Å². The Morgan fingerprint density at radius 2 is 1.04 bits per heavy atom. The van der Waals surface area contributed by atoms with Gasteiger partial charge in [-0.15, -0.1) is 0 Å². The molecule has 2 amide bonds. The molecule has 0 fully saturated rings. The number of carboxylic acids is 1. The van der Waals surface area contributed by atoms with Gasteiger partial charge < -0.3 is 25.6 Å². The molecule has 0 heterocycles. The number of nitrogens with one attached hydrogen (secondary N) is 2. The zero-order valence-corrected chi connectivity index (χ0v) is 34.9. The molecule has 0 aromatic heterocycles. The average molecular weight is 773 g/mol. The maximum Gasteiger partial charge on any atom is 0.328 e. The van der Waals surface area contributed by atoms with Gasteiger partial charge in [0, 0.05) is 12.8 Å². The number of aliphatic hydroxyl groups excluding tert-OH is 1. The molecule has 0 saturated carbocycles. The summed E-state index contributed by atoms with van der Waals surface area (Å²) in [6.07, 6.45) is 47.0. The molecular weight excluding hydrogens is 693 g/mol. The van der Waals surface area contributed by atoms with Crippen LogP contribution >= 0.6 is 0 Å². The molecular formula is C46H80N2O7. The summed E-state index contributed by atoms with van der Waals surface area (Å²) >= 11 is 0. The normalized spacial score (nSPS) is 12.9. The van der Waals surface area contributed by atoms with Gasteiger partial charge in [-0.05, 0) is 77.0 Å². The molecule has 55 heavy (non-hydrogen) atoms. The van der Waals surface area contributed by atoms with Crippen molar-refractivity contribution < 1.29 is 34.1 Å². The quantitative estimate of drug-likeness (QED) is 0.0277. The lowest BCUT2D eigenvalue weighted by Gasteiger charge is -2.18. The van der Waals surface area contributed by atoms with Crippen molar-refractivity contribution in [1.29, 1.82) is 0 Å². The van der Waals surface area contributed by atoms with Crippen LogP contribution in [0.25, 0.3) is 0 Å². The lowest BCUT2D eigenvalue weighted by Crippen LogP contribution is -2.47. The van der Waals surface area contributed by atoms with Crippen LogP contribution in [0.15, 0.2) is 48.6 Å². The van der Waals surface area contributed by atoms with Crippen molar-refractivity contribution in [2.45, 2.75) is 206 Å². The predicted molar refractivity (Wildman–Crippen MR) is 227 cm³/mol. The number of allylic oxidation sites excluding steroid dienone is 8. The van der Waals surface area contributed by atoms with Gasteiger partial charge in [-0.2, -0.15) is 0 Å². The third-order valence-corrected chi connectivity index (χ3v) is 9.59. The van der Waals surface area contributed by atoms with E-state index in [1.807, 2.05) is 0 Å². The maximum absolute atomic E-state index is 12.8. The molecule has 0 aliphatic carbocycles. The summed E-state index contributed by atoms with van der Waals surface area (Å²) < 4.78 is 6.01. The largest absolute Gasteiger partial charge is 0.480 e. The smallest absolute Gasteiger partial charge is 0.328 e. The number of aliphatic hydroxyl groups is 1. The van der Waals surface area contributed by atoms with Crippen LogP contribution in [0.1, 0.15) is 194 Å². The zero-order valence-electron chi connectivity index (χ0n) is 34.9. The molecule has 0 spiro atoms. The Bertz CT molecular complexity index is 1070. The van der Waals surface area contributed by atoms with E-state index in [1.54, 1.807) is 0 Å². The van der Waals surface area contributed by atoms with Gasteiger partial charge in [0.05, 0.1) is 13.2 Å². The number of hydrogen-bond donors (Lipinski definition) is 4. The van der Waals surface area contributed by atoms with Crippen molar-refractivity contribution in [3.63, 3.8) is 0 Å². The number of rotatable bonds is 39. The number of carbonyl (C=O) groups is 4. The van der Waals surface area contributed by atoms with Crippen LogP contribution in [0.5, 0.6) is 0 Å². The minimum absolute atomic E-state index is 0.0502. The molecule has 0 rings (SSSR count). The molecule has 0 aromatic rings. The monoisotopic (exact) mass is 773 g/mol. The van der Waals surface area contributed by atoms with Gasteiger partial charge in [-0.1, -0.05) is 152 Å². The number of carboxylic acid groups (broad SMARTS) is 1. The van der Waals surface area contributed by atoms with E-state index in [1.165, 1.54) is 64.2 Å². The second-order valence-corrected chi connectivity index (χ2v) is 14.8. The third kappa shape index (κ3) is 37.5. The molecule has 316 valence electrons. The van der Waals surface area contributed by atoms with Gasteiger partial charge in [0.15, 0.2) is 0 Å². The number of esters is 1. The first-order valence-electron chi connectivity index (χ1n) is 22.0. The summed E-state index contributed by atoms with van der Waals surface area (Å²) in [5.41, 5.74) is 0. The Balaban J connectivity index is 4.42. The Morgan fingerprint density at radius 3 is 1.56 bits per heavy atom. The van der Waals surface area contributed by atoms with Crippen LogP contribution in [0, 0.1) is 0 Å². The minimum atomic E-state index is -1.39. The fourth-order valence-corrected chi connectivity index (χ4v) is 6.24.